The molecule has 2 nitrogen and oxygen atoms in total. The fourth-order valence-corrected chi connectivity index (χ4v) is 8.13. The first kappa shape index (κ1) is 17.6. The zero-order chi connectivity index (χ0) is 18.2. The second-order valence-electron chi connectivity index (χ2n) is 11.2. The van der Waals surface area contributed by atoms with Crippen LogP contribution >= 0.6 is 0 Å². The number of carbonyl (C=O) groups is 1. The van der Waals surface area contributed by atoms with E-state index >= 15 is 0 Å². The molecule has 0 spiro atoms. The molecule has 3 fully saturated rings. The average Bonchev–Trinajstić information content (AvgIpc) is 2.86. The van der Waals surface area contributed by atoms with Gasteiger partial charge in [0.2, 0.25) is 5.91 Å². The van der Waals surface area contributed by atoms with Gasteiger partial charge in [-0.05, 0) is 80.0 Å². The summed E-state index contributed by atoms with van der Waals surface area (Å²) in [6.45, 7) is 14.7. The molecule has 3 saturated carbocycles. The molecule has 4 aliphatic rings. The molecule has 0 aromatic heterocycles. The van der Waals surface area contributed by atoms with Gasteiger partial charge in [-0.3, -0.25) is 4.79 Å². The van der Waals surface area contributed by atoms with E-state index in [1.807, 2.05) is 6.08 Å². The Labute approximate surface area is 154 Å². The summed E-state index contributed by atoms with van der Waals surface area (Å²) in [4.78, 5) is 12.0. The molecule has 0 saturated heterocycles. The van der Waals surface area contributed by atoms with E-state index < -0.39 is 0 Å². The van der Waals surface area contributed by atoms with Crippen molar-refractivity contribution in [3.05, 3.63) is 11.6 Å². The quantitative estimate of drug-likeness (QED) is 0.632. The number of nitrogens with one attached hydrogen (secondary N) is 1. The van der Waals surface area contributed by atoms with Crippen LogP contribution in [0.1, 0.15) is 80.1 Å². The average molecular weight is 344 g/mol. The minimum Gasteiger partial charge on any atom is -0.349 e. The van der Waals surface area contributed by atoms with Gasteiger partial charge in [0.05, 0.1) is 0 Å². The van der Waals surface area contributed by atoms with E-state index in [4.69, 9.17) is 0 Å². The molecule has 140 valence electrons. The maximum absolute atomic E-state index is 12.0. The Morgan fingerprint density at radius 1 is 1.04 bits per heavy atom. The molecule has 1 amide bonds. The zero-order valence-corrected chi connectivity index (χ0v) is 17.1. The molecule has 1 aliphatic heterocycles. The van der Waals surface area contributed by atoms with Gasteiger partial charge >= 0.3 is 0 Å². The van der Waals surface area contributed by atoms with E-state index in [1.54, 1.807) is 0 Å². The number of fused-ring (bicyclic) bond motifs is 5. The van der Waals surface area contributed by atoms with Crippen molar-refractivity contribution in [3.63, 3.8) is 0 Å². The lowest BCUT2D eigenvalue weighted by atomic mass is 9.45. The number of carbonyl (C=O) groups excluding carboxylic acids is 1. The van der Waals surface area contributed by atoms with Crippen LogP contribution in [0.2, 0.25) is 0 Å². The van der Waals surface area contributed by atoms with Gasteiger partial charge in [0.15, 0.2) is 0 Å². The molecular formula is C23H37NO. The standard InChI is InChI=1S/C23H37NO/c1-14-13-20(25)24-19-10-7-15-16-8-9-18(21(2,3)4)22(16,5)12-11-17(15)23(14,19)6/h13,15-19H,7-12H2,1-6H3,(H,24,25)/t15-,16-,17-,18+,19+,22-,23+/m0/s1. The van der Waals surface area contributed by atoms with E-state index in [0.717, 1.165) is 23.7 Å². The van der Waals surface area contributed by atoms with Crippen LogP contribution in [0.25, 0.3) is 0 Å². The zero-order valence-electron chi connectivity index (χ0n) is 17.1. The van der Waals surface area contributed by atoms with Gasteiger partial charge in [0.1, 0.15) is 0 Å². The number of hydrogen-bond donors (Lipinski definition) is 1. The Morgan fingerprint density at radius 2 is 1.76 bits per heavy atom. The van der Waals surface area contributed by atoms with Gasteiger partial charge in [-0.15, -0.1) is 0 Å². The van der Waals surface area contributed by atoms with Gasteiger partial charge in [-0.2, -0.15) is 0 Å². The lowest BCUT2D eigenvalue weighted by Crippen LogP contribution is -2.61. The van der Waals surface area contributed by atoms with Gasteiger partial charge in [-0.1, -0.05) is 40.2 Å². The lowest BCUT2D eigenvalue weighted by Gasteiger charge is -2.61. The minimum absolute atomic E-state index is 0.132. The highest BCUT2D eigenvalue weighted by Crippen LogP contribution is 2.68. The van der Waals surface area contributed by atoms with Gasteiger partial charge in [0.25, 0.3) is 0 Å². The van der Waals surface area contributed by atoms with E-state index in [1.165, 1.54) is 44.1 Å². The van der Waals surface area contributed by atoms with Crippen LogP contribution in [0.5, 0.6) is 0 Å². The molecule has 0 unspecified atom stereocenters. The normalized spacial score (nSPS) is 49.6. The van der Waals surface area contributed by atoms with Crippen LogP contribution in [0.15, 0.2) is 11.6 Å². The fourth-order valence-electron chi connectivity index (χ4n) is 8.13. The first-order valence-electron chi connectivity index (χ1n) is 10.6. The second kappa shape index (κ2) is 5.36. The molecule has 0 bridgehead atoms. The van der Waals surface area contributed by atoms with Crippen LogP contribution in [-0.4, -0.2) is 11.9 Å². The van der Waals surface area contributed by atoms with Gasteiger partial charge in [-0.25, -0.2) is 0 Å². The molecule has 2 heteroatoms. The van der Waals surface area contributed by atoms with Crippen molar-refractivity contribution in [1.82, 2.24) is 5.32 Å². The minimum atomic E-state index is 0.132. The van der Waals surface area contributed by atoms with E-state index in [0.29, 0.717) is 16.9 Å². The van der Waals surface area contributed by atoms with Crippen molar-refractivity contribution in [2.45, 2.75) is 86.1 Å². The Bertz CT molecular complexity index is 614. The van der Waals surface area contributed by atoms with Crippen LogP contribution in [0, 0.1) is 39.9 Å². The summed E-state index contributed by atoms with van der Waals surface area (Å²) < 4.78 is 0. The molecule has 3 aliphatic carbocycles. The molecule has 1 heterocycles. The Morgan fingerprint density at radius 3 is 2.44 bits per heavy atom. The topological polar surface area (TPSA) is 29.1 Å². The van der Waals surface area contributed by atoms with E-state index in [-0.39, 0.29) is 11.3 Å². The Kier molecular flexibility index (Phi) is 3.78. The van der Waals surface area contributed by atoms with Gasteiger partial charge < -0.3 is 5.32 Å². The number of amides is 1. The number of rotatable bonds is 0. The first-order chi connectivity index (χ1) is 11.6. The van der Waals surface area contributed by atoms with Crippen molar-refractivity contribution in [3.8, 4) is 0 Å². The summed E-state index contributed by atoms with van der Waals surface area (Å²) in [5, 5.41) is 3.31. The van der Waals surface area contributed by atoms with Crippen molar-refractivity contribution in [1.29, 1.82) is 0 Å². The third kappa shape index (κ3) is 2.31. The fraction of sp³-hybridized carbons (Fsp3) is 0.870. The summed E-state index contributed by atoms with van der Waals surface area (Å²) in [7, 11) is 0. The highest BCUT2D eigenvalue weighted by atomic mass is 16.1. The maximum Gasteiger partial charge on any atom is 0.244 e. The summed E-state index contributed by atoms with van der Waals surface area (Å²) in [5.74, 6) is 3.48. The van der Waals surface area contributed by atoms with Crippen molar-refractivity contribution in [2.24, 2.45) is 39.9 Å². The van der Waals surface area contributed by atoms with Crippen molar-refractivity contribution >= 4 is 5.91 Å². The van der Waals surface area contributed by atoms with Crippen LogP contribution < -0.4 is 5.32 Å². The molecule has 25 heavy (non-hydrogen) atoms. The number of hydrogen-bond acceptors (Lipinski definition) is 1. The van der Waals surface area contributed by atoms with E-state index in [9.17, 15) is 4.79 Å². The largest absolute Gasteiger partial charge is 0.349 e. The first-order valence-corrected chi connectivity index (χ1v) is 10.6. The predicted octanol–water partition coefficient (Wildman–Crippen LogP) is 5.34. The Balaban J connectivity index is 1.69. The van der Waals surface area contributed by atoms with Gasteiger partial charge in [0, 0.05) is 17.5 Å². The molecule has 4 rings (SSSR count). The SMILES string of the molecule is CC1=CC(=O)N[C@@H]2CC[C@H]3[C@@H]4CC[C@H](C(C)(C)C)[C@@]4(C)CC[C@@H]3[C@@]12C. The van der Waals surface area contributed by atoms with Crippen molar-refractivity contribution < 1.29 is 4.79 Å². The second-order valence-corrected chi connectivity index (χ2v) is 11.2. The molecule has 7 atom stereocenters. The third-order valence-electron chi connectivity index (χ3n) is 9.28. The van der Waals surface area contributed by atoms with Crippen LogP contribution in [0.4, 0.5) is 0 Å². The summed E-state index contributed by atoms with van der Waals surface area (Å²) >= 11 is 0. The van der Waals surface area contributed by atoms with Crippen molar-refractivity contribution in [2.75, 3.05) is 0 Å². The molecule has 0 radical (unpaired) electrons. The smallest absolute Gasteiger partial charge is 0.244 e. The molecular weight excluding hydrogens is 306 g/mol. The predicted molar refractivity (Wildman–Crippen MR) is 103 cm³/mol. The van der Waals surface area contributed by atoms with Crippen LogP contribution in [-0.2, 0) is 4.79 Å². The summed E-state index contributed by atoms with van der Waals surface area (Å²) in [5.41, 5.74) is 2.47. The summed E-state index contributed by atoms with van der Waals surface area (Å²) in [6.07, 6.45) is 9.94. The lowest BCUT2D eigenvalue weighted by molar-refractivity contribution is -0.124. The van der Waals surface area contributed by atoms with Crippen LogP contribution in [0.3, 0.4) is 0 Å². The molecule has 0 aromatic carbocycles. The highest BCUT2D eigenvalue weighted by Gasteiger charge is 2.61. The molecule has 0 aromatic rings. The highest BCUT2D eigenvalue weighted by molar-refractivity contribution is 5.90. The maximum atomic E-state index is 12.0. The van der Waals surface area contributed by atoms with E-state index in [2.05, 4.69) is 46.9 Å². The Hall–Kier alpha value is -0.790. The monoisotopic (exact) mass is 343 g/mol. The molecule has 1 N–H and O–H groups in total. The third-order valence-corrected chi connectivity index (χ3v) is 9.28. The summed E-state index contributed by atoms with van der Waals surface area (Å²) in [6, 6.07) is 0.357.